The van der Waals surface area contributed by atoms with Crippen LogP contribution in [0.2, 0.25) is 0 Å². The number of carbonyl (C=O) groups excluding carboxylic acids is 3. The van der Waals surface area contributed by atoms with E-state index in [4.69, 9.17) is 10.5 Å². The van der Waals surface area contributed by atoms with Gasteiger partial charge in [0.2, 0.25) is 11.8 Å². The minimum Gasteiger partial charge on any atom is -0.383 e. The van der Waals surface area contributed by atoms with Crippen LogP contribution in [-0.2, 0) is 20.9 Å². The summed E-state index contributed by atoms with van der Waals surface area (Å²) >= 11 is 0. The first kappa shape index (κ1) is 23.1. The van der Waals surface area contributed by atoms with Gasteiger partial charge in [-0.1, -0.05) is 42.0 Å². The molecular weight excluding hydrogens is 384 g/mol. The number of methoxy groups -OCH3 is 1. The SMILES string of the molecule is COCCN(CC(N)=O)CC(=O)Nc1ccccc1C(=O)NCc1ccc(C)cc1. The third-order valence-electron chi connectivity index (χ3n) is 4.38. The van der Waals surface area contributed by atoms with Gasteiger partial charge >= 0.3 is 0 Å². The van der Waals surface area contributed by atoms with Gasteiger partial charge in [-0.15, -0.1) is 0 Å². The molecule has 0 aliphatic heterocycles. The molecule has 0 saturated heterocycles. The van der Waals surface area contributed by atoms with E-state index in [0.717, 1.165) is 11.1 Å². The number of nitrogens with one attached hydrogen (secondary N) is 2. The first-order valence-corrected chi connectivity index (χ1v) is 9.61. The Morgan fingerprint density at radius 3 is 2.40 bits per heavy atom. The third-order valence-corrected chi connectivity index (χ3v) is 4.38. The van der Waals surface area contributed by atoms with Crippen molar-refractivity contribution in [3.63, 3.8) is 0 Å². The zero-order valence-electron chi connectivity index (χ0n) is 17.3. The van der Waals surface area contributed by atoms with Crippen LogP contribution in [0.1, 0.15) is 21.5 Å². The standard InChI is InChI=1S/C22H28N4O4/c1-16-7-9-17(10-8-16)13-24-22(29)18-5-3-4-6-19(18)25-21(28)15-26(11-12-30-2)14-20(23)27/h3-10H,11-15H2,1-2H3,(H2,23,27)(H,24,29)(H,25,28). The Morgan fingerprint density at radius 2 is 1.73 bits per heavy atom. The molecule has 0 fully saturated rings. The molecule has 0 radical (unpaired) electrons. The van der Waals surface area contributed by atoms with Gasteiger partial charge in [-0.25, -0.2) is 0 Å². The largest absolute Gasteiger partial charge is 0.383 e. The quantitative estimate of drug-likeness (QED) is 0.515. The number of ether oxygens (including phenoxy) is 1. The van der Waals surface area contributed by atoms with E-state index >= 15 is 0 Å². The van der Waals surface area contributed by atoms with Crippen LogP contribution < -0.4 is 16.4 Å². The lowest BCUT2D eigenvalue weighted by molar-refractivity contribution is -0.121. The fourth-order valence-electron chi connectivity index (χ4n) is 2.82. The number of para-hydroxylation sites is 1. The highest BCUT2D eigenvalue weighted by atomic mass is 16.5. The lowest BCUT2D eigenvalue weighted by atomic mass is 10.1. The number of nitrogens with zero attached hydrogens (tertiary/aromatic N) is 1. The van der Waals surface area contributed by atoms with E-state index in [-0.39, 0.29) is 24.9 Å². The monoisotopic (exact) mass is 412 g/mol. The average Bonchev–Trinajstić information content (AvgIpc) is 2.71. The minimum atomic E-state index is -0.533. The number of anilines is 1. The number of aryl methyl sites for hydroxylation is 1. The summed E-state index contributed by atoms with van der Waals surface area (Å²) in [6.07, 6.45) is 0. The Hall–Kier alpha value is -3.23. The molecular formula is C22H28N4O4. The summed E-state index contributed by atoms with van der Waals surface area (Å²) in [5.41, 5.74) is 8.13. The molecule has 0 aliphatic rings. The number of hydrogen-bond acceptors (Lipinski definition) is 5. The Balaban J connectivity index is 2.00. The molecule has 0 aromatic heterocycles. The molecule has 0 saturated carbocycles. The van der Waals surface area contributed by atoms with Gasteiger partial charge < -0.3 is 21.1 Å². The van der Waals surface area contributed by atoms with Gasteiger partial charge in [0, 0.05) is 20.2 Å². The van der Waals surface area contributed by atoms with Gasteiger partial charge in [0.1, 0.15) is 0 Å². The summed E-state index contributed by atoms with van der Waals surface area (Å²) in [6.45, 7) is 3.01. The average molecular weight is 412 g/mol. The van der Waals surface area contributed by atoms with E-state index in [1.165, 1.54) is 7.11 Å². The molecule has 2 aromatic carbocycles. The third kappa shape index (κ3) is 7.65. The highest BCUT2D eigenvalue weighted by Crippen LogP contribution is 2.15. The van der Waals surface area contributed by atoms with Gasteiger partial charge in [0.05, 0.1) is 30.9 Å². The van der Waals surface area contributed by atoms with Gasteiger partial charge in [-0.05, 0) is 24.6 Å². The molecule has 0 atom stereocenters. The summed E-state index contributed by atoms with van der Waals surface area (Å²) in [5.74, 6) is -1.18. The van der Waals surface area contributed by atoms with E-state index in [9.17, 15) is 14.4 Å². The fraction of sp³-hybridized carbons (Fsp3) is 0.318. The number of hydrogen-bond donors (Lipinski definition) is 3. The van der Waals surface area contributed by atoms with Crippen LogP contribution >= 0.6 is 0 Å². The van der Waals surface area contributed by atoms with Crippen molar-refractivity contribution in [1.82, 2.24) is 10.2 Å². The molecule has 4 N–H and O–H groups in total. The van der Waals surface area contributed by atoms with Gasteiger partial charge in [-0.2, -0.15) is 0 Å². The Labute approximate surface area is 176 Å². The van der Waals surface area contributed by atoms with Crippen LogP contribution in [0.5, 0.6) is 0 Å². The molecule has 8 nitrogen and oxygen atoms in total. The molecule has 8 heteroatoms. The lowest BCUT2D eigenvalue weighted by Crippen LogP contribution is -2.41. The number of benzene rings is 2. The van der Waals surface area contributed by atoms with Crippen LogP contribution in [0.25, 0.3) is 0 Å². The van der Waals surface area contributed by atoms with Crippen molar-refractivity contribution in [2.75, 3.05) is 38.7 Å². The van der Waals surface area contributed by atoms with Gasteiger partial charge in [0.15, 0.2) is 0 Å². The molecule has 0 bridgehead atoms. The van der Waals surface area contributed by atoms with Crippen molar-refractivity contribution in [2.45, 2.75) is 13.5 Å². The van der Waals surface area contributed by atoms with Crippen molar-refractivity contribution < 1.29 is 19.1 Å². The highest BCUT2D eigenvalue weighted by molar-refractivity contribution is 6.04. The molecule has 0 heterocycles. The second-order valence-corrected chi connectivity index (χ2v) is 6.93. The van der Waals surface area contributed by atoms with Crippen molar-refractivity contribution in [1.29, 1.82) is 0 Å². The zero-order chi connectivity index (χ0) is 21.9. The van der Waals surface area contributed by atoms with Crippen molar-refractivity contribution >= 4 is 23.4 Å². The van der Waals surface area contributed by atoms with Crippen molar-refractivity contribution in [2.24, 2.45) is 5.73 Å². The second-order valence-electron chi connectivity index (χ2n) is 6.93. The van der Waals surface area contributed by atoms with Gasteiger partial charge in [-0.3, -0.25) is 19.3 Å². The van der Waals surface area contributed by atoms with Crippen LogP contribution in [0.4, 0.5) is 5.69 Å². The van der Waals surface area contributed by atoms with Crippen molar-refractivity contribution in [3.8, 4) is 0 Å². The van der Waals surface area contributed by atoms with Gasteiger partial charge in [0.25, 0.3) is 5.91 Å². The van der Waals surface area contributed by atoms with Crippen LogP contribution in [0, 0.1) is 6.92 Å². The van der Waals surface area contributed by atoms with E-state index in [2.05, 4.69) is 10.6 Å². The normalized spacial score (nSPS) is 10.6. The molecule has 0 aliphatic carbocycles. The van der Waals surface area contributed by atoms with Crippen LogP contribution in [0.15, 0.2) is 48.5 Å². The predicted octanol–water partition coefficient (Wildman–Crippen LogP) is 1.30. The molecule has 0 unspecified atom stereocenters. The summed E-state index contributed by atoms with van der Waals surface area (Å²) in [7, 11) is 1.54. The second kappa shape index (κ2) is 11.7. The first-order valence-electron chi connectivity index (χ1n) is 9.61. The van der Waals surface area contributed by atoms with Crippen LogP contribution in [-0.4, -0.2) is 56.0 Å². The molecule has 2 rings (SSSR count). The Bertz CT molecular complexity index is 868. The predicted molar refractivity (Wildman–Crippen MR) is 115 cm³/mol. The molecule has 30 heavy (non-hydrogen) atoms. The Kier molecular flexibility index (Phi) is 8.99. The summed E-state index contributed by atoms with van der Waals surface area (Å²) < 4.78 is 5.00. The first-order chi connectivity index (χ1) is 14.4. The number of carbonyl (C=O) groups is 3. The minimum absolute atomic E-state index is 0.0500. The topological polar surface area (TPSA) is 114 Å². The summed E-state index contributed by atoms with van der Waals surface area (Å²) in [6, 6.07) is 14.6. The zero-order valence-corrected chi connectivity index (χ0v) is 17.3. The van der Waals surface area contributed by atoms with E-state index in [1.54, 1.807) is 29.2 Å². The molecule has 3 amide bonds. The maximum absolute atomic E-state index is 12.6. The van der Waals surface area contributed by atoms with Crippen molar-refractivity contribution in [3.05, 3.63) is 65.2 Å². The van der Waals surface area contributed by atoms with Crippen LogP contribution in [0.3, 0.4) is 0 Å². The maximum Gasteiger partial charge on any atom is 0.253 e. The number of primary amides is 1. The van der Waals surface area contributed by atoms with E-state index in [0.29, 0.717) is 30.9 Å². The number of rotatable bonds is 11. The Morgan fingerprint density at radius 1 is 1.03 bits per heavy atom. The summed E-state index contributed by atoms with van der Waals surface area (Å²) in [4.78, 5) is 37.9. The number of nitrogens with two attached hydrogens (primary N) is 1. The molecule has 2 aromatic rings. The number of amides is 3. The molecule has 160 valence electrons. The molecule has 0 spiro atoms. The summed E-state index contributed by atoms with van der Waals surface area (Å²) in [5, 5.41) is 5.61. The van der Waals surface area contributed by atoms with E-state index < -0.39 is 5.91 Å². The lowest BCUT2D eigenvalue weighted by Gasteiger charge is -2.20. The smallest absolute Gasteiger partial charge is 0.253 e. The highest BCUT2D eigenvalue weighted by Gasteiger charge is 2.16. The maximum atomic E-state index is 12.6. The fourth-order valence-corrected chi connectivity index (χ4v) is 2.82. The van der Waals surface area contributed by atoms with E-state index in [1.807, 2.05) is 31.2 Å².